The van der Waals surface area contributed by atoms with E-state index in [1.165, 1.54) is 31.3 Å². The molecule has 2 heteroatoms. The molecule has 0 aliphatic carbocycles. The average Bonchev–Trinajstić information content (AvgIpc) is 2.89. The topological polar surface area (TPSA) is 38.9 Å². The molecule has 0 aliphatic rings. The second-order valence-electron chi connectivity index (χ2n) is 10.7. The van der Waals surface area contributed by atoms with Crippen LogP contribution in [0.5, 0.6) is 0 Å². The van der Waals surface area contributed by atoms with Crippen molar-refractivity contribution in [3.8, 4) is 11.1 Å². The summed E-state index contributed by atoms with van der Waals surface area (Å²) >= 11 is 0. The van der Waals surface area contributed by atoms with E-state index in [0.29, 0.717) is 5.41 Å². The van der Waals surface area contributed by atoms with E-state index in [9.17, 15) is 0 Å². The zero-order valence-corrected chi connectivity index (χ0v) is 28.3. The van der Waals surface area contributed by atoms with Crippen LogP contribution >= 0.6 is 0 Å². The first-order chi connectivity index (χ1) is 17.7. The number of nitrogens with zero attached hydrogens (tertiary/aromatic N) is 1. The lowest BCUT2D eigenvalue weighted by Gasteiger charge is -2.17. The van der Waals surface area contributed by atoms with Gasteiger partial charge in [-0.05, 0) is 56.7 Å². The second kappa shape index (κ2) is 27.8. The molecule has 0 bridgehead atoms. The van der Waals surface area contributed by atoms with E-state index >= 15 is 0 Å². The number of aryl methyl sites for hydroxylation is 1. The minimum atomic E-state index is -0.138. The molecule has 0 saturated carbocycles. The molecular weight excluding hydrogens is 460 g/mol. The summed E-state index contributed by atoms with van der Waals surface area (Å²) in [6.07, 6.45) is 9.02. The van der Waals surface area contributed by atoms with E-state index in [4.69, 9.17) is 5.73 Å². The molecule has 0 amide bonds. The van der Waals surface area contributed by atoms with Gasteiger partial charge < -0.3 is 5.73 Å². The van der Waals surface area contributed by atoms with E-state index in [0.717, 1.165) is 28.0 Å². The van der Waals surface area contributed by atoms with Gasteiger partial charge in [-0.25, -0.2) is 0 Å². The molecule has 0 radical (unpaired) electrons. The highest BCUT2D eigenvalue weighted by atomic mass is 14.7. The Hall–Kier alpha value is -2.19. The number of nitrogens with two attached hydrogens (primary N) is 1. The standard InChI is InChI=1S/C16H18N2.C6H12.C5H12.C4H10.C3H8.C2H6/c1-11(2)16(17)15-8-5-4-7-14(15)13-9-6-10-18-12(13)3;1-4-6(3)5-2;1-5(2,3)4;1-3-4-2;1-3-2;1-2/h4-10,16H,1,17H2,2-3H3;4H,5H2,1-3H3;1-4H3;3-4H2,1-2H3;3H2,1-2H3;1-2H3/b;6-4+;;;;. The molecule has 38 heavy (non-hydrogen) atoms. The van der Waals surface area contributed by atoms with Gasteiger partial charge in [-0.2, -0.15) is 0 Å². The molecule has 1 heterocycles. The van der Waals surface area contributed by atoms with E-state index < -0.39 is 0 Å². The Bertz CT molecular complexity index is 817. The summed E-state index contributed by atoms with van der Waals surface area (Å²) in [7, 11) is 0. The van der Waals surface area contributed by atoms with Crippen LogP contribution in [-0.4, -0.2) is 4.98 Å². The third-order valence-electron chi connectivity index (χ3n) is 4.67. The van der Waals surface area contributed by atoms with Crippen LogP contribution in [0.15, 0.2) is 66.4 Å². The van der Waals surface area contributed by atoms with Crippen LogP contribution in [0.2, 0.25) is 0 Å². The molecule has 1 atom stereocenters. The Morgan fingerprint density at radius 2 is 1.32 bits per heavy atom. The maximum absolute atomic E-state index is 6.21. The predicted molar refractivity (Wildman–Crippen MR) is 179 cm³/mol. The molecule has 2 rings (SSSR count). The number of allylic oxidation sites excluding steroid dienone is 2. The third-order valence-corrected chi connectivity index (χ3v) is 4.67. The van der Waals surface area contributed by atoms with E-state index in [2.05, 4.69) is 112 Å². The summed E-state index contributed by atoms with van der Waals surface area (Å²) in [5.74, 6) is 0. The summed E-state index contributed by atoms with van der Waals surface area (Å²) in [4.78, 5) is 4.34. The molecule has 1 aromatic carbocycles. The normalized spacial score (nSPS) is 10.7. The molecule has 0 fully saturated rings. The van der Waals surface area contributed by atoms with Crippen molar-refractivity contribution in [1.29, 1.82) is 0 Å². The Kier molecular flexibility index (Phi) is 31.4. The summed E-state index contributed by atoms with van der Waals surface area (Å²) in [5.41, 5.74) is 13.5. The van der Waals surface area contributed by atoms with Gasteiger partial charge in [0.15, 0.2) is 0 Å². The van der Waals surface area contributed by atoms with Gasteiger partial charge in [-0.3, -0.25) is 4.98 Å². The van der Waals surface area contributed by atoms with Gasteiger partial charge in [0, 0.05) is 17.5 Å². The second-order valence-corrected chi connectivity index (χ2v) is 10.7. The van der Waals surface area contributed by atoms with Crippen LogP contribution in [0, 0.1) is 12.3 Å². The monoisotopic (exact) mass is 527 g/mol. The van der Waals surface area contributed by atoms with E-state index in [1.54, 1.807) is 6.20 Å². The molecule has 2 aromatic rings. The van der Waals surface area contributed by atoms with Gasteiger partial charge in [0.05, 0.1) is 6.04 Å². The zero-order chi connectivity index (χ0) is 30.7. The molecule has 0 aliphatic heterocycles. The SMILES string of the molecule is C/C=C(\C)CC.C=C(C)C(N)c1ccccc1-c1cccnc1C.CC.CC(C)(C)C.CCC.CCCC. The van der Waals surface area contributed by atoms with Crippen molar-refractivity contribution in [2.75, 3.05) is 0 Å². The first-order valence-corrected chi connectivity index (χ1v) is 14.8. The van der Waals surface area contributed by atoms with Crippen molar-refractivity contribution in [2.24, 2.45) is 11.1 Å². The van der Waals surface area contributed by atoms with Crippen LogP contribution in [0.4, 0.5) is 0 Å². The largest absolute Gasteiger partial charge is 0.321 e. The zero-order valence-electron chi connectivity index (χ0n) is 28.3. The fraction of sp³-hybridized carbons (Fsp3) is 0.583. The minimum Gasteiger partial charge on any atom is -0.321 e. The number of hydrogen-bond acceptors (Lipinski definition) is 2. The van der Waals surface area contributed by atoms with E-state index in [-0.39, 0.29) is 6.04 Å². The number of benzene rings is 1. The molecular formula is C36H66N2. The third kappa shape index (κ3) is 26.9. The molecule has 2 N–H and O–H groups in total. The average molecular weight is 527 g/mol. The Morgan fingerprint density at radius 1 is 0.895 bits per heavy atom. The highest BCUT2D eigenvalue weighted by molar-refractivity contribution is 5.70. The molecule has 0 saturated heterocycles. The number of pyridine rings is 1. The number of hydrogen-bond donors (Lipinski definition) is 1. The predicted octanol–water partition coefficient (Wildman–Crippen LogP) is 12.3. The van der Waals surface area contributed by atoms with Crippen LogP contribution in [0.25, 0.3) is 11.1 Å². The molecule has 0 spiro atoms. The lowest BCUT2D eigenvalue weighted by molar-refractivity contribution is 0.469. The molecule has 1 aromatic heterocycles. The summed E-state index contributed by atoms with van der Waals surface area (Å²) in [6.45, 7) is 35.6. The molecule has 1 unspecified atom stereocenters. The summed E-state index contributed by atoms with van der Waals surface area (Å²) in [5, 5.41) is 0. The quantitative estimate of drug-likeness (QED) is 0.393. The van der Waals surface area contributed by atoms with Gasteiger partial charge in [0.2, 0.25) is 0 Å². The highest BCUT2D eigenvalue weighted by Gasteiger charge is 2.13. The summed E-state index contributed by atoms with van der Waals surface area (Å²) < 4.78 is 0. The van der Waals surface area contributed by atoms with Gasteiger partial charge in [0.25, 0.3) is 0 Å². The number of rotatable bonds is 5. The van der Waals surface area contributed by atoms with Crippen molar-refractivity contribution in [3.63, 3.8) is 0 Å². The fourth-order valence-corrected chi connectivity index (χ4v) is 2.25. The first-order valence-electron chi connectivity index (χ1n) is 14.8. The summed E-state index contributed by atoms with van der Waals surface area (Å²) in [6, 6.07) is 12.1. The number of aromatic nitrogens is 1. The van der Waals surface area contributed by atoms with Gasteiger partial charge in [-0.1, -0.05) is 150 Å². The lowest BCUT2D eigenvalue weighted by Crippen LogP contribution is -2.12. The van der Waals surface area contributed by atoms with Crippen LogP contribution in [0.3, 0.4) is 0 Å². The minimum absolute atomic E-state index is 0.138. The fourth-order valence-electron chi connectivity index (χ4n) is 2.25. The van der Waals surface area contributed by atoms with Crippen LogP contribution < -0.4 is 5.73 Å². The van der Waals surface area contributed by atoms with Gasteiger partial charge in [-0.15, -0.1) is 0 Å². The molecule has 2 nitrogen and oxygen atoms in total. The maximum Gasteiger partial charge on any atom is 0.0511 e. The Morgan fingerprint density at radius 3 is 1.63 bits per heavy atom. The smallest absolute Gasteiger partial charge is 0.0511 e. The van der Waals surface area contributed by atoms with Gasteiger partial charge in [0.1, 0.15) is 0 Å². The molecule has 220 valence electrons. The first kappa shape index (κ1) is 42.9. The van der Waals surface area contributed by atoms with Crippen molar-refractivity contribution in [1.82, 2.24) is 4.98 Å². The Labute approximate surface area is 240 Å². The van der Waals surface area contributed by atoms with Gasteiger partial charge >= 0.3 is 0 Å². The Balaban J connectivity index is -0.000000238. The van der Waals surface area contributed by atoms with Crippen LogP contribution in [-0.2, 0) is 0 Å². The highest BCUT2D eigenvalue weighted by Crippen LogP contribution is 2.30. The van der Waals surface area contributed by atoms with Crippen molar-refractivity contribution >= 4 is 0 Å². The van der Waals surface area contributed by atoms with Crippen molar-refractivity contribution < 1.29 is 0 Å². The lowest BCUT2D eigenvalue weighted by atomic mass is 9.92. The number of unbranched alkanes of at least 4 members (excludes halogenated alkanes) is 1. The van der Waals surface area contributed by atoms with Crippen molar-refractivity contribution in [3.05, 3.63) is 77.7 Å². The van der Waals surface area contributed by atoms with E-state index in [1.807, 2.05) is 45.9 Å². The van der Waals surface area contributed by atoms with Crippen LogP contribution in [0.1, 0.15) is 140 Å². The maximum atomic E-state index is 6.21. The van der Waals surface area contributed by atoms with Crippen molar-refractivity contribution in [2.45, 2.75) is 136 Å².